The van der Waals surface area contributed by atoms with E-state index in [1.54, 1.807) is 0 Å². The van der Waals surface area contributed by atoms with Crippen molar-refractivity contribution in [1.29, 1.82) is 0 Å². The first kappa shape index (κ1) is 11.5. The van der Waals surface area contributed by atoms with E-state index in [2.05, 4.69) is 30.3 Å². The molecule has 0 aromatic heterocycles. The van der Waals surface area contributed by atoms with Crippen LogP contribution in [0.1, 0.15) is 32.1 Å². The summed E-state index contributed by atoms with van der Waals surface area (Å²) in [6.07, 6.45) is 11.0. The van der Waals surface area contributed by atoms with Gasteiger partial charge in [-0.25, -0.2) is 0 Å². The molecule has 1 atom stereocenters. The zero-order valence-corrected chi connectivity index (χ0v) is 9.21. The minimum Gasteiger partial charge on any atom is -0.302 e. The van der Waals surface area contributed by atoms with Gasteiger partial charge in [-0.2, -0.15) is 0 Å². The summed E-state index contributed by atoms with van der Waals surface area (Å²) in [6, 6.07) is 0.213. The number of hydrazine groups is 1. The van der Waals surface area contributed by atoms with E-state index in [0.29, 0.717) is 6.42 Å². The number of hydrogen-bond donors (Lipinski definition) is 2. The summed E-state index contributed by atoms with van der Waals surface area (Å²) < 4.78 is 0. The third kappa shape index (κ3) is 1.93. The molecule has 0 aliphatic heterocycles. The van der Waals surface area contributed by atoms with Crippen LogP contribution in [0.2, 0.25) is 0 Å². The van der Waals surface area contributed by atoms with E-state index in [-0.39, 0.29) is 11.6 Å². The van der Waals surface area contributed by atoms with Crippen LogP contribution in [0.3, 0.4) is 0 Å². The van der Waals surface area contributed by atoms with E-state index in [1.165, 1.54) is 25.7 Å². The molecular weight excluding hydrogens is 174 g/mol. The highest BCUT2D eigenvalue weighted by molar-refractivity contribution is 5.05. The molecule has 0 radical (unpaired) electrons. The molecule has 80 valence electrons. The lowest BCUT2D eigenvalue weighted by molar-refractivity contribution is 0.107. The summed E-state index contributed by atoms with van der Waals surface area (Å²) in [5.74, 6) is 8.30. The Morgan fingerprint density at radius 2 is 2.07 bits per heavy atom. The van der Waals surface area contributed by atoms with Crippen molar-refractivity contribution in [1.82, 2.24) is 10.3 Å². The predicted octanol–water partition coefficient (Wildman–Crippen LogP) is 0.716. The summed E-state index contributed by atoms with van der Waals surface area (Å²) in [5, 5.41) is 0. The fourth-order valence-corrected chi connectivity index (χ4v) is 2.62. The van der Waals surface area contributed by atoms with Crippen LogP contribution in [0.15, 0.2) is 0 Å². The maximum absolute atomic E-state index is 5.59. The third-order valence-corrected chi connectivity index (χ3v) is 3.53. The molecule has 3 heteroatoms. The van der Waals surface area contributed by atoms with Gasteiger partial charge in [0.05, 0.1) is 6.04 Å². The van der Waals surface area contributed by atoms with Gasteiger partial charge < -0.3 is 4.90 Å². The van der Waals surface area contributed by atoms with Crippen molar-refractivity contribution >= 4 is 0 Å². The molecule has 0 amide bonds. The van der Waals surface area contributed by atoms with Crippen molar-refractivity contribution in [3.8, 4) is 12.3 Å². The van der Waals surface area contributed by atoms with Crippen LogP contribution in [0.5, 0.6) is 0 Å². The molecular formula is C11H21N3. The maximum atomic E-state index is 5.59. The Labute approximate surface area is 87.0 Å². The molecule has 1 rings (SSSR count). The largest absolute Gasteiger partial charge is 0.302 e. The Morgan fingerprint density at radius 3 is 2.43 bits per heavy atom. The highest BCUT2D eigenvalue weighted by atomic mass is 15.3. The minimum absolute atomic E-state index is 0.168. The van der Waals surface area contributed by atoms with Crippen molar-refractivity contribution in [3.05, 3.63) is 0 Å². The topological polar surface area (TPSA) is 41.3 Å². The van der Waals surface area contributed by atoms with Crippen molar-refractivity contribution in [3.63, 3.8) is 0 Å². The SMILES string of the molecule is C#CCC(NN)C1(N(C)C)CCCC1. The molecule has 1 fully saturated rings. The molecule has 3 N–H and O–H groups in total. The van der Waals surface area contributed by atoms with Gasteiger partial charge >= 0.3 is 0 Å². The molecule has 1 unspecified atom stereocenters. The maximum Gasteiger partial charge on any atom is 0.0503 e. The van der Waals surface area contributed by atoms with Crippen LogP contribution in [-0.2, 0) is 0 Å². The lowest BCUT2D eigenvalue weighted by Crippen LogP contribution is -2.59. The Hall–Kier alpha value is -0.560. The van der Waals surface area contributed by atoms with Gasteiger partial charge in [0, 0.05) is 12.0 Å². The zero-order chi connectivity index (χ0) is 10.6. The standard InChI is InChI=1S/C11H21N3/c1-4-7-10(13-12)11(14(2)3)8-5-6-9-11/h1,10,13H,5-9,12H2,2-3H3. The predicted molar refractivity (Wildman–Crippen MR) is 59.4 cm³/mol. The lowest BCUT2D eigenvalue weighted by Gasteiger charge is -2.42. The molecule has 0 heterocycles. The van der Waals surface area contributed by atoms with E-state index < -0.39 is 0 Å². The Balaban J connectivity index is 2.80. The molecule has 1 aliphatic rings. The van der Waals surface area contributed by atoms with E-state index >= 15 is 0 Å². The lowest BCUT2D eigenvalue weighted by atomic mass is 9.85. The van der Waals surface area contributed by atoms with E-state index in [1.807, 2.05) is 0 Å². The first-order valence-electron chi connectivity index (χ1n) is 5.24. The van der Waals surface area contributed by atoms with Gasteiger partial charge in [-0.15, -0.1) is 12.3 Å². The molecule has 1 aliphatic carbocycles. The van der Waals surface area contributed by atoms with Crippen molar-refractivity contribution in [2.45, 2.75) is 43.7 Å². The normalized spacial score (nSPS) is 22.2. The van der Waals surface area contributed by atoms with E-state index in [0.717, 1.165) is 0 Å². The number of nitrogens with two attached hydrogens (primary N) is 1. The zero-order valence-electron chi connectivity index (χ0n) is 9.21. The summed E-state index contributed by atoms with van der Waals surface area (Å²) in [7, 11) is 4.23. The van der Waals surface area contributed by atoms with Crippen LogP contribution in [0.25, 0.3) is 0 Å². The Kier molecular flexibility index (Phi) is 3.94. The van der Waals surface area contributed by atoms with Gasteiger partial charge in [0.1, 0.15) is 0 Å². The summed E-state index contributed by atoms with van der Waals surface area (Å²) in [5.41, 5.74) is 3.05. The smallest absolute Gasteiger partial charge is 0.0503 e. The quantitative estimate of drug-likeness (QED) is 0.394. The Morgan fingerprint density at radius 1 is 1.50 bits per heavy atom. The van der Waals surface area contributed by atoms with Crippen molar-refractivity contribution < 1.29 is 0 Å². The van der Waals surface area contributed by atoms with Gasteiger partial charge in [0.2, 0.25) is 0 Å². The molecule has 14 heavy (non-hydrogen) atoms. The van der Waals surface area contributed by atoms with Gasteiger partial charge in [-0.05, 0) is 26.9 Å². The molecule has 0 bridgehead atoms. The summed E-state index contributed by atoms with van der Waals surface area (Å²) in [6.45, 7) is 0. The highest BCUT2D eigenvalue weighted by Crippen LogP contribution is 2.37. The van der Waals surface area contributed by atoms with Crippen molar-refractivity contribution in [2.24, 2.45) is 5.84 Å². The van der Waals surface area contributed by atoms with Crippen LogP contribution >= 0.6 is 0 Å². The number of terminal acetylenes is 1. The second-order valence-electron chi connectivity index (χ2n) is 4.33. The van der Waals surface area contributed by atoms with Gasteiger partial charge in [-0.3, -0.25) is 11.3 Å². The second-order valence-corrected chi connectivity index (χ2v) is 4.33. The monoisotopic (exact) mass is 195 g/mol. The first-order chi connectivity index (χ1) is 6.67. The molecule has 0 spiro atoms. The molecule has 0 saturated heterocycles. The van der Waals surface area contributed by atoms with E-state index in [4.69, 9.17) is 12.3 Å². The number of hydrogen-bond acceptors (Lipinski definition) is 3. The fourth-order valence-electron chi connectivity index (χ4n) is 2.62. The molecule has 3 nitrogen and oxygen atoms in total. The average molecular weight is 195 g/mol. The average Bonchev–Trinajstić information content (AvgIpc) is 2.64. The second kappa shape index (κ2) is 4.79. The number of nitrogens with zero attached hydrogens (tertiary/aromatic N) is 1. The van der Waals surface area contributed by atoms with Crippen LogP contribution in [0, 0.1) is 12.3 Å². The number of likely N-dealkylation sites (N-methyl/N-ethyl adjacent to an activating group) is 1. The van der Waals surface area contributed by atoms with E-state index in [9.17, 15) is 0 Å². The summed E-state index contributed by atoms with van der Waals surface area (Å²) >= 11 is 0. The number of nitrogens with one attached hydrogen (secondary N) is 1. The highest BCUT2D eigenvalue weighted by Gasteiger charge is 2.42. The molecule has 1 saturated carbocycles. The molecule has 0 aromatic rings. The van der Waals surface area contributed by atoms with Gasteiger partial charge in [0.25, 0.3) is 0 Å². The van der Waals surface area contributed by atoms with Crippen LogP contribution < -0.4 is 11.3 Å². The van der Waals surface area contributed by atoms with Gasteiger partial charge in [-0.1, -0.05) is 12.8 Å². The number of rotatable bonds is 4. The Bertz CT molecular complexity index is 211. The van der Waals surface area contributed by atoms with Crippen LogP contribution in [0.4, 0.5) is 0 Å². The van der Waals surface area contributed by atoms with Crippen molar-refractivity contribution in [2.75, 3.05) is 14.1 Å². The van der Waals surface area contributed by atoms with Gasteiger partial charge in [0.15, 0.2) is 0 Å². The first-order valence-corrected chi connectivity index (χ1v) is 5.24. The fraction of sp³-hybridized carbons (Fsp3) is 0.818. The minimum atomic E-state index is 0.168. The van der Waals surface area contributed by atoms with Crippen LogP contribution in [-0.4, -0.2) is 30.6 Å². The third-order valence-electron chi connectivity index (χ3n) is 3.53. The molecule has 0 aromatic carbocycles. The summed E-state index contributed by atoms with van der Waals surface area (Å²) in [4.78, 5) is 2.28.